The van der Waals surface area contributed by atoms with Crippen LogP contribution in [0.25, 0.3) is 0 Å². The molecule has 0 saturated heterocycles. The highest BCUT2D eigenvalue weighted by Crippen LogP contribution is 2.10. The average Bonchev–Trinajstić information content (AvgIpc) is 2.20. The van der Waals surface area contributed by atoms with Crippen LogP contribution in [0.3, 0.4) is 0 Å². The number of hydrogen-bond donors (Lipinski definition) is 0. The van der Waals surface area contributed by atoms with E-state index in [4.69, 9.17) is 4.74 Å². The smallest absolute Gasteiger partial charge is 0.120 e. The maximum Gasteiger partial charge on any atom is 0.120 e. The van der Waals surface area contributed by atoms with E-state index in [2.05, 4.69) is 0 Å². The van der Waals surface area contributed by atoms with Crippen LogP contribution in [0.15, 0.2) is 54.6 Å². The molecule has 14 heavy (non-hydrogen) atoms. The highest BCUT2D eigenvalue weighted by Gasteiger charge is 1.96. The molecule has 0 saturated carbocycles. The minimum Gasteiger partial charge on any atom is -0.487 e. The molecule has 1 aromatic carbocycles. The van der Waals surface area contributed by atoms with Crippen LogP contribution in [-0.4, -0.2) is 6.10 Å². The molecule has 0 fully saturated rings. The summed E-state index contributed by atoms with van der Waals surface area (Å²) in [5.74, 6) is 0.908. The van der Waals surface area contributed by atoms with Crippen LogP contribution in [0, 0.1) is 0 Å². The fourth-order valence-electron chi connectivity index (χ4n) is 1.08. The Morgan fingerprint density at radius 2 is 1.86 bits per heavy atom. The van der Waals surface area contributed by atoms with E-state index < -0.39 is 0 Å². The van der Waals surface area contributed by atoms with Gasteiger partial charge < -0.3 is 4.74 Å². The highest BCUT2D eigenvalue weighted by molar-refractivity contribution is 5.21. The largest absolute Gasteiger partial charge is 0.487 e. The first-order chi connectivity index (χ1) is 6.83. The first kappa shape index (κ1) is 10.6. The predicted octanol–water partition coefficient (Wildman–Crippen LogP) is 3.59. The van der Waals surface area contributed by atoms with Crippen molar-refractivity contribution in [3.05, 3.63) is 54.6 Å². The Hall–Kier alpha value is -1.50. The zero-order valence-electron chi connectivity index (χ0n) is 8.68. The fourth-order valence-corrected chi connectivity index (χ4v) is 1.08. The van der Waals surface area contributed by atoms with E-state index in [1.54, 1.807) is 0 Å². The van der Waals surface area contributed by atoms with E-state index >= 15 is 0 Å². The van der Waals surface area contributed by atoms with Gasteiger partial charge in [-0.25, -0.2) is 0 Å². The maximum absolute atomic E-state index is 5.64. The molecule has 0 aromatic heterocycles. The first-order valence-electron chi connectivity index (χ1n) is 4.84. The molecule has 0 aliphatic rings. The van der Waals surface area contributed by atoms with Gasteiger partial charge in [0.1, 0.15) is 11.9 Å². The Morgan fingerprint density at radius 3 is 2.50 bits per heavy atom. The summed E-state index contributed by atoms with van der Waals surface area (Å²) in [6.45, 7) is 4.01. The van der Waals surface area contributed by atoms with Crippen LogP contribution in [0.4, 0.5) is 0 Å². The third-order valence-corrected chi connectivity index (χ3v) is 1.75. The van der Waals surface area contributed by atoms with Gasteiger partial charge in [0.05, 0.1) is 0 Å². The molecule has 0 aliphatic heterocycles. The Bertz CT molecular complexity index is 298. The fraction of sp³-hybridized carbons (Fsp3) is 0.231. The average molecular weight is 188 g/mol. The lowest BCUT2D eigenvalue weighted by Gasteiger charge is -2.09. The topological polar surface area (TPSA) is 9.23 Å². The van der Waals surface area contributed by atoms with Crippen molar-refractivity contribution >= 4 is 0 Å². The zero-order valence-corrected chi connectivity index (χ0v) is 8.68. The van der Waals surface area contributed by atoms with Crippen LogP contribution in [0.2, 0.25) is 0 Å². The molecule has 1 atom stereocenters. The summed E-state index contributed by atoms with van der Waals surface area (Å²) < 4.78 is 5.64. The van der Waals surface area contributed by atoms with Gasteiger partial charge in [-0.2, -0.15) is 0 Å². The normalized spacial score (nSPS) is 13.6. The number of rotatable bonds is 4. The third-order valence-electron chi connectivity index (χ3n) is 1.75. The number of allylic oxidation sites excluding steroid dienone is 3. The number of ether oxygens (including phenoxy) is 1. The Morgan fingerprint density at radius 1 is 1.14 bits per heavy atom. The van der Waals surface area contributed by atoms with Crippen molar-refractivity contribution in [2.75, 3.05) is 0 Å². The van der Waals surface area contributed by atoms with Crippen LogP contribution < -0.4 is 4.74 Å². The summed E-state index contributed by atoms with van der Waals surface area (Å²) in [5.41, 5.74) is 0. The summed E-state index contributed by atoms with van der Waals surface area (Å²) >= 11 is 0. The van der Waals surface area contributed by atoms with Gasteiger partial charge in [0.15, 0.2) is 0 Å². The second kappa shape index (κ2) is 6.03. The Balaban J connectivity index is 2.45. The summed E-state index contributed by atoms with van der Waals surface area (Å²) in [4.78, 5) is 0. The van der Waals surface area contributed by atoms with Crippen molar-refractivity contribution in [3.8, 4) is 5.75 Å². The zero-order chi connectivity index (χ0) is 10.2. The van der Waals surface area contributed by atoms with Crippen molar-refractivity contribution < 1.29 is 4.74 Å². The van der Waals surface area contributed by atoms with E-state index in [1.165, 1.54) is 0 Å². The maximum atomic E-state index is 5.64. The van der Waals surface area contributed by atoms with Crippen molar-refractivity contribution in [2.45, 2.75) is 20.0 Å². The van der Waals surface area contributed by atoms with Gasteiger partial charge in [0.25, 0.3) is 0 Å². The highest BCUT2D eigenvalue weighted by atomic mass is 16.5. The third kappa shape index (κ3) is 3.94. The molecule has 0 aliphatic carbocycles. The van der Waals surface area contributed by atoms with Gasteiger partial charge in [-0.3, -0.25) is 0 Å². The molecule has 0 heterocycles. The molecule has 1 aromatic rings. The molecular formula is C13H16O. The van der Waals surface area contributed by atoms with E-state index in [1.807, 2.05) is 68.5 Å². The van der Waals surface area contributed by atoms with Crippen molar-refractivity contribution in [3.63, 3.8) is 0 Å². The lowest BCUT2D eigenvalue weighted by molar-refractivity contribution is 0.270. The molecule has 0 radical (unpaired) electrons. The second-order valence-corrected chi connectivity index (χ2v) is 3.05. The van der Waals surface area contributed by atoms with Gasteiger partial charge in [-0.05, 0) is 32.1 Å². The Labute approximate surface area is 85.7 Å². The number of benzene rings is 1. The van der Waals surface area contributed by atoms with E-state index in [0.29, 0.717) is 0 Å². The molecule has 1 heteroatoms. The monoisotopic (exact) mass is 188 g/mol. The second-order valence-electron chi connectivity index (χ2n) is 3.05. The van der Waals surface area contributed by atoms with Crippen LogP contribution in [0.5, 0.6) is 5.75 Å². The Kier molecular flexibility index (Phi) is 4.56. The standard InChI is InChI=1S/C13H16O/c1-3-4-6-9-12(2)14-13-10-7-5-8-11-13/h3-12H,1-2H3/b4-3-,9-6-. The minimum absolute atomic E-state index is 0.105. The van der Waals surface area contributed by atoms with Crippen LogP contribution in [0.1, 0.15) is 13.8 Å². The quantitative estimate of drug-likeness (QED) is 0.656. The first-order valence-corrected chi connectivity index (χ1v) is 4.84. The number of hydrogen-bond acceptors (Lipinski definition) is 1. The van der Waals surface area contributed by atoms with Crippen LogP contribution >= 0.6 is 0 Å². The van der Waals surface area contributed by atoms with Gasteiger partial charge >= 0.3 is 0 Å². The van der Waals surface area contributed by atoms with E-state index in [-0.39, 0.29) is 6.10 Å². The van der Waals surface area contributed by atoms with E-state index in [9.17, 15) is 0 Å². The minimum atomic E-state index is 0.105. The molecule has 74 valence electrons. The van der Waals surface area contributed by atoms with Crippen molar-refractivity contribution in [1.29, 1.82) is 0 Å². The van der Waals surface area contributed by atoms with Gasteiger partial charge in [0, 0.05) is 0 Å². The van der Waals surface area contributed by atoms with Gasteiger partial charge in [0.2, 0.25) is 0 Å². The summed E-state index contributed by atoms with van der Waals surface area (Å²) in [6.07, 6.45) is 8.10. The molecule has 0 N–H and O–H groups in total. The molecular weight excluding hydrogens is 172 g/mol. The molecule has 1 rings (SSSR count). The van der Waals surface area contributed by atoms with Gasteiger partial charge in [-0.15, -0.1) is 0 Å². The van der Waals surface area contributed by atoms with Crippen molar-refractivity contribution in [2.24, 2.45) is 0 Å². The summed E-state index contributed by atoms with van der Waals surface area (Å²) in [5, 5.41) is 0. The molecule has 0 bridgehead atoms. The van der Waals surface area contributed by atoms with Crippen LogP contribution in [-0.2, 0) is 0 Å². The molecule has 1 unspecified atom stereocenters. The molecule has 0 spiro atoms. The summed E-state index contributed by atoms with van der Waals surface area (Å²) in [7, 11) is 0. The number of para-hydroxylation sites is 1. The van der Waals surface area contributed by atoms with E-state index in [0.717, 1.165) is 5.75 Å². The molecule has 1 nitrogen and oxygen atoms in total. The molecule has 0 amide bonds. The lowest BCUT2D eigenvalue weighted by Crippen LogP contribution is -2.07. The predicted molar refractivity (Wildman–Crippen MR) is 60.5 cm³/mol. The van der Waals surface area contributed by atoms with Crippen molar-refractivity contribution in [1.82, 2.24) is 0 Å². The lowest BCUT2D eigenvalue weighted by atomic mass is 10.3. The summed E-state index contributed by atoms with van der Waals surface area (Å²) in [6, 6.07) is 9.84. The SMILES string of the molecule is C/C=C\C=C/C(C)Oc1ccccc1. The van der Waals surface area contributed by atoms with Gasteiger partial charge in [-0.1, -0.05) is 36.4 Å².